The topological polar surface area (TPSA) is 102 Å². The van der Waals surface area contributed by atoms with Crippen LogP contribution in [0.1, 0.15) is 12.0 Å². The van der Waals surface area contributed by atoms with Crippen molar-refractivity contribution in [3.05, 3.63) is 57.1 Å². The fraction of sp³-hybridized carbons (Fsp3) is 0.263. The Labute approximate surface area is 166 Å². The molecule has 8 nitrogen and oxygen atoms in total. The molecule has 1 aliphatic rings. The first-order valence-corrected chi connectivity index (χ1v) is 8.87. The number of carbonyl (C=O) groups is 2. The molecule has 1 aliphatic heterocycles. The summed E-state index contributed by atoms with van der Waals surface area (Å²) in [6, 6.07) is 9.33. The number of hydrogen-bond acceptors (Lipinski definition) is 5. The summed E-state index contributed by atoms with van der Waals surface area (Å²) in [7, 11) is 1.42. The number of anilines is 2. The summed E-state index contributed by atoms with van der Waals surface area (Å²) in [5.41, 5.74) is 1.28. The Morgan fingerprint density at radius 1 is 1.32 bits per heavy atom. The maximum atomic E-state index is 12.7. The number of nitrogens with one attached hydrogen (secondary N) is 1. The first kappa shape index (κ1) is 19.6. The van der Waals surface area contributed by atoms with Crippen molar-refractivity contribution in [2.24, 2.45) is 5.92 Å². The molecule has 2 aromatic carbocycles. The number of ether oxygens (including phenoxy) is 1. The molecule has 1 fully saturated rings. The third kappa shape index (κ3) is 3.91. The van der Waals surface area contributed by atoms with Crippen LogP contribution < -0.4 is 15.0 Å². The summed E-state index contributed by atoms with van der Waals surface area (Å²) in [6.07, 6.45) is 0.00902. The average Bonchev–Trinajstić information content (AvgIpc) is 3.05. The number of carbonyl (C=O) groups excluding carboxylic acids is 2. The predicted octanol–water partition coefficient (Wildman–Crippen LogP) is 3.56. The van der Waals surface area contributed by atoms with E-state index in [2.05, 4.69) is 5.32 Å². The Morgan fingerprint density at radius 2 is 2.07 bits per heavy atom. The Balaban J connectivity index is 1.78. The van der Waals surface area contributed by atoms with Crippen molar-refractivity contribution in [1.29, 1.82) is 0 Å². The van der Waals surface area contributed by atoms with Crippen molar-refractivity contribution < 1.29 is 19.2 Å². The minimum atomic E-state index is -0.640. The van der Waals surface area contributed by atoms with Crippen LogP contribution in [0.15, 0.2) is 36.4 Å². The number of nitro groups is 1. The molecule has 0 radical (unpaired) electrons. The predicted molar refractivity (Wildman–Crippen MR) is 105 cm³/mol. The summed E-state index contributed by atoms with van der Waals surface area (Å²) in [4.78, 5) is 37.2. The second-order valence-electron chi connectivity index (χ2n) is 6.47. The van der Waals surface area contributed by atoms with Crippen molar-refractivity contribution in [2.45, 2.75) is 13.3 Å². The molecular weight excluding hydrogens is 386 g/mol. The highest BCUT2D eigenvalue weighted by atomic mass is 35.5. The van der Waals surface area contributed by atoms with E-state index in [1.807, 2.05) is 6.92 Å². The smallest absolute Gasteiger partial charge is 0.293 e. The summed E-state index contributed by atoms with van der Waals surface area (Å²) in [6.45, 7) is 2.02. The molecule has 0 aliphatic carbocycles. The summed E-state index contributed by atoms with van der Waals surface area (Å²) < 4.78 is 5.06. The van der Waals surface area contributed by atoms with Crippen LogP contribution in [0.3, 0.4) is 0 Å². The standard InChI is InChI=1S/C19H18ClN3O5/c1-11-3-4-13(8-15(11)20)22-10-12(7-18(22)24)19(25)21-16-9-14(28-2)5-6-17(16)23(26)27/h3-6,8-9,12H,7,10H2,1-2H3,(H,21,25)/t12-/m0/s1. The van der Waals surface area contributed by atoms with Crippen molar-refractivity contribution in [3.63, 3.8) is 0 Å². The third-order valence-corrected chi connectivity index (χ3v) is 5.03. The summed E-state index contributed by atoms with van der Waals surface area (Å²) in [5.74, 6) is -0.941. The van der Waals surface area contributed by atoms with Crippen LogP contribution in [0.4, 0.5) is 17.1 Å². The Bertz CT molecular complexity index is 963. The van der Waals surface area contributed by atoms with Crippen LogP contribution in [-0.2, 0) is 9.59 Å². The third-order valence-electron chi connectivity index (χ3n) is 4.62. The first-order chi connectivity index (χ1) is 13.3. The molecule has 3 rings (SSSR count). The van der Waals surface area contributed by atoms with E-state index >= 15 is 0 Å². The van der Waals surface area contributed by atoms with E-state index in [-0.39, 0.29) is 30.2 Å². The second-order valence-corrected chi connectivity index (χ2v) is 6.88. The number of amides is 2. The molecule has 0 aromatic heterocycles. The molecule has 2 aromatic rings. The number of nitrogens with zero attached hydrogens (tertiary/aromatic N) is 2. The van der Waals surface area contributed by atoms with Gasteiger partial charge in [-0.25, -0.2) is 0 Å². The number of methoxy groups -OCH3 is 1. The van der Waals surface area contributed by atoms with Gasteiger partial charge in [0.25, 0.3) is 5.69 Å². The normalized spacial score (nSPS) is 16.2. The molecule has 1 atom stereocenters. The van der Waals surface area contributed by atoms with Gasteiger partial charge in [0, 0.05) is 35.8 Å². The van der Waals surface area contributed by atoms with Crippen LogP contribution >= 0.6 is 11.6 Å². The van der Waals surface area contributed by atoms with Crippen LogP contribution in [-0.4, -0.2) is 30.4 Å². The van der Waals surface area contributed by atoms with Gasteiger partial charge in [-0.1, -0.05) is 17.7 Å². The Morgan fingerprint density at radius 3 is 2.71 bits per heavy atom. The maximum absolute atomic E-state index is 12.7. The molecule has 1 N–H and O–H groups in total. The van der Waals surface area contributed by atoms with E-state index in [1.54, 1.807) is 18.2 Å². The van der Waals surface area contributed by atoms with Gasteiger partial charge in [0.05, 0.1) is 18.0 Å². The Hall–Kier alpha value is -3.13. The number of rotatable bonds is 5. The second kappa shape index (κ2) is 7.85. The van der Waals surface area contributed by atoms with Crippen molar-refractivity contribution in [3.8, 4) is 5.75 Å². The minimum absolute atomic E-state index is 0.00902. The molecule has 0 unspecified atom stereocenters. The highest BCUT2D eigenvalue weighted by Crippen LogP contribution is 2.32. The van der Waals surface area contributed by atoms with Crippen molar-refractivity contribution in [1.82, 2.24) is 0 Å². The lowest BCUT2D eigenvalue weighted by Crippen LogP contribution is -2.28. The molecule has 28 heavy (non-hydrogen) atoms. The van der Waals surface area contributed by atoms with Gasteiger partial charge in [0.15, 0.2) is 0 Å². The van der Waals surface area contributed by atoms with E-state index < -0.39 is 16.7 Å². The summed E-state index contributed by atoms with van der Waals surface area (Å²) in [5, 5.41) is 14.3. The van der Waals surface area contributed by atoms with Crippen LogP contribution in [0, 0.1) is 23.0 Å². The highest BCUT2D eigenvalue weighted by molar-refractivity contribution is 6.31. The van der Waals surface area contributed by atoms with Crippen molar-refractivity contribution >= 4 is 40.5 Å². The largest absolute Gasteiger partial charge is 0.497 e. The van der Waals surface area contributed by atoms with Gasteiger partial charge >= 0.3 is 0 Å². The zero-order chi connectivity index (χ0) is 20.4. The molecule has 9 heteroatoms. The van der Waals surface area contributed by atoms with Gasteiger partial charge in [0.1, 0.15) is 11.4 Å². The van der Waals surface area contributed by atoms with Crippen LogP contribution in [0.25, 0.3) is 0 Å². The fourth-order valence-corrected chi connectivity index (χ4v) is 3.19. The van der Waals surface area contributed by atoms with Gasteiger partial charge in [-0.3, -0.25) is 19.7 Å². The lowest BCUT2D eigenvalue weighted by molar-refractivity contribution is -0.383. The van der Waals surface area contributed by atoms with Gasteiger partial charge in [-0.2, -0.15) is 0 Å². The quantitative estimate of drug-likeness (QED) is 0.607. The van der Waals surface area contributed by atoms with Gasteiger partial charge in [-0.05, 0) is 30.7 Å². The van der Waals surface area contributed by atoms with E-state index in [9.17, 15) is 19.7 Å². The Kier molecular flexibility index (Phi) is 5.51. The van der Waals surface area contributed by atoms with Gasteiger partial charge in [0.2, 0.25) is 11.8 Å². The number of benzene rings is 2. The number of hydrogen-bond donors (Lipinski definition) is 1. The first-order valence-electron chi connectivity index (χ1n) is 8.50. The van der Waals surface area contributed by atoms with Crippen LogP contribution in [0.2, 0.25) is 5.02 Å². The summed E-state index contributed by atoms with van der Waals surface area (Å²) >= 11 is 6.13. The van der Waals surface area contributed by atoms with E-state index in [0.717, 1.165) is 5.56 Å². The number of aryl methyl sites for hydroxylation is 1. The molecule has 0 bridgehead atoms. The zero-order valence-electron chi connectivity index (χ0n) is 15.3. The van der Waals surface area contributed by atoms with Crippen LogP contribution in [0.5, 0.6) is 5.75 Å². The fourth-order valence-electron chi connectivity index (χ4n) is 3.02. The number of halogens is 1. The molecular formula is C19H18ClN3O5. The van der Waals surface area contributed by atoms with Gasteiger partial charge < -0.3 is 15.0 Å². The lowest BCUT2D eigenvalue weighted by Gasteiger charge is -2.17. The molecule has 1 saturated heterocycles. The molecule has 0 saturated carbocycles. The number of nitro benzene ring substituents is 1. The van der Waals surface area contributed by atoms with Gasteiger partial charge in [-0.15, -0.1) is 0 Å². The van der Waals surface area contributed by atoms with E-state index in [4.69, 9.17) is 16.3 Å². The minimum Gasteiger partial charge on any atom is -0.497 e. The maximum Gasteiger partial charge on any atom is 0.293 e. The zero-order valence-corrected chi connectivity index (χ0v) is 16.0. The molecule has 2 amide bonds. The van der Waals surface area contributed by atoms with E-state index in [1.165, 1.54) is 30.2 Å². The molecule has 146 valence electrons. The van der Waals surface area contributed by atoms with E-state index in [0.29, 0.717) is 16.5 Å². The SMILES string of the molecule is COc1ccc([N+](=O)[O-])c(NC(=O)[C@H]2CC(=O)N(c3ccc(C)c(Cl)c3)C2)c1. The highest BCUT2D eigenvalue weighted by Gasteiger charge is 2.36. The lowest BCUT2D eigenvalue weighted by atomic mass is 10.1. The molecule has 0 spiro atoms. The molecule has 1 heterocycles. The monoisotopic (exact) mass is 403 g/mol. The van der Waals surface area contributed by atoms with Crippen molar-refractivity contribution in [2.75, 3.05) is 23.9 Å². The average molecular weight is 404 g/mol.